The molecule has 38 heavy (non-hydrogen) atoms. The highest BCUT2D eigenvalue weighted by atomic mass is 19.1. The molecule has 0 radical (unpaired) electrons. The van der Waals surface area contributed by atoms with Crippen molar-refractivity contribution in [1.82, 2.24) is 10.3 Å². The second-order valence-electron chi connectivity index (χ2n) is 9.29. The molecule has 2 unspecified atom stereocenters. The standard InChI is InChI=1S/C29H31FN4O4/c1-3-21-14-23(30)12-18(2)26(21)27(35)34-24(29(36)37)13-19-7-9-22(10-8-19)28-33-16-20(17-38-28)15-32-25-6-4-5-11-31-25/h4-12,14,20,24H,3,13,15-17H2,1-2H3,(H,31,32)(H,34,35)(H,36,37). The second kappa shape index (κ2) is 12.3. The fourth-order valence-electron chi connectivity index (χ4n) is 4.39. The van der Waals surface area contributed by atoms with Gasteiger partial charge in [0.05, 0.1) is 13.2 Å². The monoisotopic (exact) mass is 518 g/mol. The molecule has 8 nitrogen and oxygen atoms in total. The van der Waals surface area contributed by atoms with Crippen LogP contribution < -0.4 is 10.6 Å². The number of benzene rings is 2. The lowest BCUT2D eigenvalue weighted by Crippen LogP contribution is -2.42. The van der Waals surface area contributed by atoms with E-state index in [1.54, 1.807) is 25.3 Å². The molecular formula is C29H31FN4O4. The highest BCUT2D eigenvalue weighted by Gasteiger charge is 2.24. The minimum atomic E-state index is -1.15. The van der Waals surface area contributed by atoms with Crippen molar-refractivity contribution in [3.05, 3.63) is 94.4 Å². The Bertz CT molecular complexity index is 1310. The number of rotatable bonds is 10. The number of aliphatic imine (C=N–C) groups is 1. The molecule has 4 rings (SSSR count). The maximum absolute atomic E-state index is 13.8. The highest BCUT2D eigenvalue weighted by Crippen LogP contribution is 2.19. The predicted octanol–water partition coefficient (Wildman–Crippen LogP) is 4.02. The van der Waals surface area contributed by atoms with Crippen LogP contribution in [0.4, 0.5) is 10.2 Å². The summed E-state index contributed by atoms with van der Waals surface area (Å²) in [7, 11) is 0. The summed E-state index contributed by atoms with van der Waals surface area (Å²) < 4.78 is 19.7. The summed E-state index contributed by atoms with van der Waals surface area (Å²) in [5.74, 6) is -0.516. The van der Waals surface area contributed by atoms with E-state index in [1.165, 1.54) is 12.1 Å². The third-order valence-electron chi connectivity index (χ3n) is 6.42. The number of anilines is 1. The molecule has 1 aliphatic rings. The highest BCUT2D eigenvalue weighted by molar-refractivity contribution is 5.99. The van der Waals surface area contributed by atoms with Gasteiger partial charge in [-0.05, 0) is 66.4 Å². The zero-order chi connectivity index (χ0) is 27.1. The van der Waals surface area contributed by atoms with Crippen molar-refractivity contribution in [3.63, 3.8) is 0 Å². The van der Waals surface area contributed by atoms with Gasteiger partial charge in [0.1, 0.15) is 17.7 Å². The number of nitrogens with zero attached hydrogens (tertiary/aromatic N) is 2. The molecule has 0 aliphatic carbocycles. The SMILES string of the molecule is CCc1cc(F)cc(C)c1C(=O)NC(Cc1ccc(C2=NCC(CNc3ccccn3)CO2)cc1)C(=O)O. The molecular weight excluding hydrogens is 487 g/mol. The Morgan fingerprint density at radius 2 is 1.97 bits per heavy atom. The lowest BCUT2D eigenvalue weighted by Gasteiger charge is -2.23. The lowest BCUT2D eigenvalue weighted by atomic mass is 9.98. The Morgan fingerprint density at radius 3 is 2.61 bits per heavy atom. The van der Waals surface area contributed by atoms with E-state index in [-0.39, 0.29) is 12.3 Å². The zero-order valence-electron chi connectivity index (χ0n) is 21.4. The number of carboxylic acid groups (broad SMARTS) is 1. The van der Waals surface area contributed by atoms with Crippen molar-refractivity contribution in [3.8, 4) is 0 Å². The summed E-state index contributed by atoms with van der Waals surface area (Å²) in [6.07, 6.45) is 2.28. The molecule has 0 bridgehead atoms. The number of amides is 1. The lowest BCUT2D eigenvalue weighted by molar-refractivity contribution is -0.139. The molecule has 198 valence electrons. The maximum atomic E-state index is 13.8. The van der Waals surface area contributed by atoms with E-state index in [1.807, 2.05) is 37.3 Å². The van der Waals surface area contributed by atoms with E-state index in [4.69, 9.17) is 4.74 Å². The fourth-order valence-corrected chi connectivity index (χ4v) is 4.39. The minimum absolute atomic E-state index is 0.0949. The van der Waals surface area contributed by atoms with Gasteiger partial charge in [-0.3, -0.25) is 9.79 Å². The van der Waals surface area contributed by atoms with Crippen LogP contribution in [0.15, 0.2) is 65.8 Å². The first-order chi connectivity index (χ1) is 18.3. The molecule has 2 heterocycles. The number of ether oxygens (including phenoxy) is 1. The number of nitrogens with one attached hydrogen (secondary N) is 2. The molecule has 9 heteroatoms. The van der Waals surface area contributed by atoms with E-state index in [2.05, 4.69) is 20.6 Å². The molecule has 2 atom stereocenters. The Balaban J connectivity index is 1.36. The zero-order valence-corrected chi connectivity index (χ0v) is 21.4. The molecule has 2 aromatic carbocycles. The molecule has 0 saturated carbocycles. The van der Waals surface area contributed by atoms with Gasteiger partial charge in [0, 0.05) is 36.2 Å². The largest absolute Gasteiger partial charge is 0.480 e. The van der Waals surface area contributed by atoms with Crippen LogP contribution in [0.1, 0.15) is 39.5 Å². The maximum Gasteiger partial charge on any atom is 0.326 e. The van der Waals surface area contributed by atoms with E-state index in [9.17, 15) is 19.1 Å². The van der Waals surface area contributed by atoms with Gasteiger partial charge in [0.25, 0.3) is 5.91 Å². The number of aryl methyl sites for hydroxylation is 2. The Labute approximate surface area is 221 Å². The number of hydrogen-bond acceptors (Lipinski definition) is 6. The van der Waals surface area contributed by atoms with Crippen molar-refractivity contribution in [1.29, 1.82) is 0 Å². The van der Waals surface area contributed by atoms with Crippen LogP contribution in [-0.2, 0) is 22.4 Å². The molecule has 0 fully saturated rings. The second-order valence-corrected chi connectivity index (χ2v) is 9.29. The van der Waals surface area contributed by atoms with Gasteiger partial charge in [-0.2, -0.15) is 0 Å². The van der Waals surface area contributed by atoms with Gasteiger partial charge in [-0.1, -0.05) is 25.1 Å². The predicted molar refractivity (Wildman–Crippen MR) is 143 cm³/mol. The smallest absolute Gasteiger partial charge is 0.326 e. The third kappa shape index (κ3) is 6.73. The Hall–Kier alpha value is -4.27. The Morgan fingerprint density at radius 1 is 1.18 bits per heavy atom. The first kappa shape index (κ1) is 26.8. The average Bonchev–Trinajstić information content (AvgIpc) is 2.92. The van der Waals surface area contributed by atoms with Crippen LogP contribution in [0, 0.1) is 18.7 Å². The summed E-state index contributed by atoms with van der Waals surface area (Å²) in [4.78, 5) is 33.7. The van der Waals surface area contributed by atoms with Gasteiger partial charge in [-0.15, -0.1) is 0 Å². The van der Waals surface area contributed by atoms with Gasteiger partial charge >= 0.3 is 5.97 Å². The number of aliphatic carboxylic acids is 1. The van der Waals surface area contributed by atoms with Crippen molar-refractivity contribution in [2.45, 2.75) is 32.7 Å². The quantitative estimate of drug-likeness (QED) is 0.374. The van der Waals surface area contributed by atoms with E-state index in [0.717, 1.165) is 16.9 Å². The molecule has 3 N–H and O–H groups in total. The van der Waals surface area contributed by atoms with E-state index < -0.39 is 23.7 Å². The van der Waals surface area contributed by atoms with E-state index in [0.29, 0.717) is 48.7 Å². The first-order valence-electron chi connectivity index (χ1n) is 12.6. The number of halogens is 1. The first-order valence-corrected chi connectivity index (χ1v) is 12.6. The number of carbonyl (C=O) groups is 2. The molecule has 1 aromatic heterocycles. The van der Waals surface area contributed by atoms with Crippen molar-refractivity contribution < 1.29 is 23.8 Å². The topological polar surface area (TPSA) is 113 Å². The van der Waals surface area contributed by atoms with E-state index >= 15 is 0 Å². The molecule has 0 saturated heterocycles. The molecule has 1 aliphatic heterocycles. The van der Waals surface area contributed by atoms with Crippen LogP contribution in [-0.4, -0.2) is 53.6 Å². The van der Waals surface area contributed by atoms with Gasteiger partial charge in [0.15, 0.2) is 0 Å². The number of carboxylic acids is 1. The van der Waals surface area contributed by atoms with Crippen LogP contribution >= 0.6 is 0 Å². The minimum Gasteiger partial charge on any atom is -0.480 e. The van der Waals surface area contributed by atoms with Gasteiger partial charge in [0.2, 0.25) is 5.90 Å². The molecule has 1 amide bonds. The third-order valence-corrected chi connectivity index (χ3v) is 6.42. The number of aromatic nitrogens is 1. The average molecular weight is 519 g/mol. The van der Waals surface area contributed by atoms with Crippen molar-refractivity contribution in [2.24, 2.45) is 10.9 Å². The number of pyridine rings is 1. The van der Waals surface area contributed by atoms with Gasteiger partial charge < -0.3 is 20.5 Å². The normalized spacial score (nSPS) is 15.7. The summed E-state index contributed by atoms with van der Waals surface area (Å²) in [6, 6.07) is 14.4. The van der Waals surface area contributed by atoms with Crippen LogP contribution in [0.3, 0.4) is 0 Å². The summed E-state index contributed by atoms with van der Waals surface area (Å²) in [5, 5.41) is 15.6. The van der Waals surface area contributed by atoms with Crippen LogP contribution in [0.2, 0.25) is 0 Å². The van der Waals surface area contributed by atoms with Gasteiger partial charge in [-0.25, -0.2) is 14.2 Å². The van der Waals surface area contributed by atoms with Crippen molar-refractivity contribution in [2.75, 3.05) is 25.0 Å². The van der Waals surface area contributed by atoms with Crippen molar-refractivity contribution >= 4 is 23.6 Å². The van der Waals surface area contributed by atoms with Crippen LogP contribution in [0.25, 0.3) is 0 Å². The number of carbonyl (C=O) groups excluding carboxylic acids is 1. The molecule has 3 aromatic rings. The van der Waals surface area contributed by atoms with Crippen LogP contribution in [0.5, 0.6) is 0 Å². The summed E-state index contributed by atoms with van der Waals surface area (Å²) in [6.45, 7) is 5.30. The summed E-state index contributed by atoms with van der Waals surface area (Å²) >= 11 is 0. The fraction of sp³-hybridized carbons (Fsp3) is 0.310. The summed E-state index contributed by atoms with van der Waals surface area (Å²) in [5.41, 5.74) is 2.86. The Kier molecular flexibility index (Phi) is 8.68. The molecule has 0 spiro atoms. The number of hydrogen-bond donors (Lipinski definition) is 3.